The summed E-state index contributed by atoms with van der Waals surface area (Å²) in [7, 11) is 0. The molecule has 6 heteroatoms. The number of rotatable bonds is 8. The molecule has 2 heterocycles. The van der Waals surface area contributed by atoms with Crippen LogP contribution in [0.5, 0.6) is 5.75 Å². The van der Waals surface area contributed by atoms with Crippen LogP contribution >= 0.6 is 0 Å². The Hall–Kier alpha value is -3.12. The fourth-order valence-electron chi connectivity index (χ4n) is 3.81. The van der Waals surface area contributed by atoms with Crippen LogP contribution in [0.4, 0.5) is 5.69 Å². The number of benzene rings is 1. The monoisotopic (exact) mass is 404 g/mol. The first-order chi connectivity index (χ1) is 14.8. The largest absolute Gasteiger partial charge is 0.492 e. The molecule has 4 rings (SSSR count). The van der Waals surface area contributed by atoms with E-state index in [4.69, 9.17) is 4.74 Å². The van der Waals surface area contributed by atoms with E-state index in [1.54, 1.807) is 12.4 Å². The van der Waals surface area contributed by atoms with Gasteiger partial charge in [0.05, 0.1) is 11.3 Å². The molecular weight excluding hydrogens is 376 g/mol. The van der Waals surface area contributed by atoms with Gasteiger partial charge in [0.2, 0.25) is 0 Å². The van der Waals surface area contributed by atoms with E-state index >= 15 is 0 Å². The van der Waals surface area contributed by atoms with E-state index in [2.05, 4.69) is 33.6 Å². The van der Waals surface area contributed by atoms with E-state index < -0.39 is 0 Å². The smallest absolute Gasteiger partial charge is 0.257 e. The van der Waals surface area contributed by atoms with Crippen molar-refractivity contribution in [1.82, 2.24) is 15.3 Å². The molecule has 156 valence electrons. The molecule has 30 heavy (non-hydrogen) atoms. The average Bonchev–Trinajstić information content (AvgIpc) is 3.10. The lowest BCUT2D eigenvalue weighted by molar-refractivity contribution is 0.102. The van der Waals surface area contributed by atoms with Crippen LogP contribution < -0.4 is 15.4 Å². The molecule has 1 aromatic carbocycles. The number of H-pyrrole nitrogens is 1. The number of pyridine rings is 1. The number of anilines is 1. The zero-order chi connectivity index (χ0) is 20.8. The van der Waals surface area contributed by atoms with Gasteiger partial charge >= 0.3 is 0 Å². The number of amides is 1. The molecule has 1 aliphatic rings. The van der Waals surface area contributed by atoms with Gasteiger partial charge in [0, 0.05) is 35.9 Å². The van der Waals surface area contributed by atoms with Gasteiger partial charge in [-0.2, -0.15) is 0 Å². The predicted molar refractivity (Wildman–Crippen MR) is 119 cm³/mol. The third kappa shape index (κ3) is 4.54. The molecule has 2 aromatic heterocycles. The molecular formula is C24H28N4O2. The van der Waals surface area contributed by atoms with Crippen LogP contribution in [0.1, 0.15) is 41.4 Å². The van der Waals surface area contributed by atoms with Gasteiger partial charge < -0.3 is 20.4 Å². The molecule has 0 atom stereocenters. The molecule has 0 fully saturated rings. The predicted octanol–water partition coefficient (Wildman–Crippen LogP) is 4.20. The Morgan fingerprint density at radius 2 is 2.03 bits per heavy atom. The highest BCUT2D eigenvalue weighted by Crippen LogP contribution is 2.33. The number of hydrogen-bond donors (Lipinski definition) is 3. The first kappa shape index (κ1) is 20.2. The summed E-state index contributed by atoms with van der Waals surface area (Å²) in [4.78, 5) is 20.9. The molecule has 0 spiro atoms. The minimum atomic E-state index is -0.136. The molecule has 3 aromatic rings. The number of nitrogens with one attached hydrogen (secondary N) is 3. The third-order valence-electron chi connectivity index (χ3n) is 5.29. The summed E-state index contributed by atoms with van der Waals surface area (Å²) in [5, 5.41) is 6.31. The van der Waals surface area contributed by atoms with E-state index in [1.807, 2.05) is 30.3 Å². The maximum absolute atomic E-state index is 13.0. The summed E-state index contributed by atoms with van der Waals surface area (Å²) in [6.07, 6.45) is 7.63. The summed E-state index contributed by atoms with van der Waals surface area (Å²) in [6.45, 7) is 4.58. The minimum Gasteiger partial charge on any atom is -0.492 e. The maximum atomic E-state index is 13.0. The molecule has 3 N–H and O–H groups in total. The topological polar surface area (TPSA) is 79.0 Å². The van der Waals surface area contributed by atoms with E-state index in [0.717, 1.165) is 67.2 Å². The van der Waals surface area contributed by atoms with Gasteiger partial charge in [-0.3, -0.25) is 9.78 Å². The van der Waals surface area contributed by atoms with Crippen molar-refractivity contribution in [1.29, 1.82) is 0 Å². The lowest BCUT2D eigenvalue weighted by Gasteiger charge is -2.10. The Kier molecular flexibility index (Phi) is 6.44. The highest BCUT2D eigenvalue weighted by Gasteiger charge is 2.24. The fraction of sp³-hybridized carbons (Fsp3) is 0.333. The van der Waals surface area contributed by atoms with E-state index in [-0.39, 0.29) is 5.91 Å². The number of aromatic nitrogens is 2. The zero-order valence-electron chi connectivity index (χ0n) is 17.3. The fourth-order valence-corrected chi connectivity index (χ4v) is 3.81. The number of carbonyl (C=O) groups is 1. The van der Waals surface area contributed by atoms with E-state index in [1.165, 1.54) is 5.56 Å². The maximum Gasteiger partial charge on any atom is 0.257 e. The third-order valence-corrected chi connectivity index (χ3v) is 5.29. The Morgan fingerprint density at radius 3 is 2.87 bits per heavy atom. The molecule has 1 aliphatic carbocycles. The molecule has 0 radical (unpaired) electrons. The van der Waals surface area contributed by atoms with Crippen molar-refractivity contribution >= 4 is 11.6 Å². The van der Waals surface area contributed by atoms with Crippen molar-refractivity contribution < 1.29 is 9.53 Å². The van der Waals surface area contributed by atoms with Crippen LogP contribution in [0.25, 0.3) is 11.3 Å². The lowest BCUT2D eigenvalue weighted by Crippen LogP contribution is -2.21. The molecule has 0 bridgehead atoms. The molecule has 0 aliphatic heterocycles. The Morgan fingerprint density at radius 1 is 1.17 bits per heavy atom. The molecule has 0 unspecified atom stereocenters. The van der Waals surface area contributed by atoms with Crippen molar-refractivity contribution in [2.45, 2.75) is 32.6 Å². The summed E-state index contributed by atoms with van der Waals surface area (Å²) in [5.74, 6) is 0.656. The van der Waals surface area contributed by atoms with Crippen LogP contribution in [-0.4, -0.2) is 35.6 Å². The molecule has 0 saturated carbocycles. The number of fused-ring (bicyclic) bond motifs is 3. The van der Waals surface area contributed by atoms with Gasteiger partial charge in [-0.25, -0.2) is 0 Å². The van der Waals surface area contributed by atoms with Crippen LogP contribution in [0.3, 0.4) is 0 Å². The standard InChI is InChI=1S/C24H28N4O2/c1-2-12-25-14-15-30-19-10-8-18(9-11-19)28-24(29)20-16-27-21-7-3-5-17-6-4-13-26-23(17)22(20)21/h4,6,8-11,13,16,25,27H,2-3,5,7,12,14-15H2,1H3,(H,28,29). The van der Waals surface area contributed by atoms with Crippen LogP contribution in [0, 0.1) is 0 Å². The zero-order valence-corrected chi connectivity index (χ0v) is 17.3. The minimum absolute atomic E-state index is 0.136. The number of nitrogens with zero attached hydrogens (tertiary/aromatic N) is 1. The van der Waals surface area contributed by atoms with Crippen LogP contribution in [0.15, 0.2) is 48.8 Å². The van der Waals surface area contributed by atoms with Gasteiger partial charge in [0.25, 0.3) is 5.91 Å². The Bertz CT molecular complexity index is 995. The first-order valence-electron chi connectivity index (χ1n) is 10.7. The van der Waals surface area contributed by atoms with Crippen LogP contribution in [0.2, 0.25) is 0 Å². The van der Waals surface area contributed by atoms with E-state index in [0.29, 0.717) is 12.2 Å². The highest BCUT2D eigenvalue weighted by molar-refractivity contribution is 6.09. The number of carbonyl (C=O) groups excluding carboxylic acids is 1. The second-order valence-corrected chi connectivity index (χ2v) is 7.50. The lowest BCUT2D eigenvalue weighted by atomic mass is 10.0. The SMILES string of the molecule is CCCNCCOc1ccc(NC(=O)c2c[nH]c3c2-c2ncccc2CCC3)cc1. The van der Waals surface area contributed by atoms with Crippen molar-refractivity contribution in [2.24, 2.45) is 0 Å². The molecule has 1 amide bonds. The van der Waals surface area contributed by atoms with Crippen molar-refractivity contribution in [2.75, 3.05) is 25.0 Å². The Labute approximate surface area is 177 Å². The quantitative estimate of drug-likeness (QED) is 0.492. The van der Waals surface area contributed by atoms with E-state index in [9.17, 15) is 4.79 Å². The van der Waals surface area contributed by atoms with Gasteiger partial charge in [-0.15, -0.1) is 0 Å². The number of hydrogen-bond acceptors (Lipinski definition) is 4. The van der Waals surface area contributed by atoms with Crippen molar-refractivity contribution in [3.63, 3.8) is 0 Å². The van der Waals surface area contributed by atoms with Crippen molar-refractivity contribution in [3.8, 4) is 17.0 Å². The summed E-state index contributed by atoms with van der Waals surface area (Å²) in [6, 6.07) is 11.5. The van der Waals surface area contributed by atoms with Gasteiger partial charge in [-0.1, -0.05) is 13.0 Å². The molecule has 0 saturated heterocycles. The van der Waals surface area contributed by atoms with Gasteiger partial charge in [-0.05, 0) is 68.1 Å². The number of aryl methyl sites for hydroxylation is 2. The highest BCUT2D eigenvalue weighted by atomic mass is 16.5. The second-order valence-electron chi connectivity index (χ2n) is 7.50. The second kappa shape index (κ2) is 9.59. The first-order valence-corrected chi connectivity index (χ1v) is 10.7. The van der Waals surface area contributed by atoms with Crippen LogP contribution in [-0.2, 0) is 12.8 Å². The molecule has 6 nitrogen and oxygen atoms in total. The Balaban J connectivity index is 1.44. The normalized spacial score (nSPS) is 12.6. The van der Waals surface area contributed by atoms with Crippen molar-refractivity contribution in [3.05, 3.63) is 65.6 Å². The average molecular weight is 405 g/mol. The summed E-state index contributed by atoms with van der Waals surface area (Å²) >= 11 is 0. The summed E-state index contributed by atoms with van der Waals surface area (Å²) in [5.41, 5.74) is 5.49. The summed E-state index contributed by atoms with van der Waals surface area (Å²) < 4.78 is 5.72. The van der Waals surface area contributed by atoms with Gasteiger partial charge in [0.1, 0.15) is 12.4 Å². The number of ether oxygens (including phenoxy) is 1. The number of aromatic amines is 1. The van der Waals surface area contributed by atoms with Gasteiger partial charge in [0.15, 0.2) is 0 Å².